The standard InChI is InChI=1S/C10H15NO4/c1-3-15-9(12)4-7(2)8-5-11(6-8)10(13)14/h4,8H,3,5-6H2,1-2H3,(H,13,14). The van der Waals surface area contributed by atoms with E-state index < -0.39 is 6.09 Å². The fraction of sp³-hybridized carbons (Fsp3) is 0.600. The zero-order valence-corrected chi connectivity index (χ0v) is 8.90. The largest absolute Gasteiger partial charge is 0.465 e. The summed E-state index contributed by atoms with van der Waals surface area (Å²) >= 11 is 0. The average molecular weight is 213 g/mol. The highest BCUT2D eigenvalue weighted by atomic mass is 16.5. The van der Waals surface area contributed by atoms with Gasteiger partial charge >= 0.3 is 12.1 Å². The van der Waals surface area contributed by atoms with E-state index in [1.54, 1.807) is 6.92 Å². The first-order valence-corrected chi connectivity index (χ1v) is 4.87. The Balaban J connectivity index is 2.40. The third-order valence-electron chi connectivity index (χ3n) is 2.43. The second kappa shape index (κ2) is 4.82. The molecule has 0 unspecified atom stereocenters. The van der Waals surface area contributed by atoms with Crippen LogP contribution in [0.2, 0.25) is 0 Å². The van der Waals surface area contributed by atoms with Crippen LogP contribution in [0.4, 0.5) is 4.79 Å². The highest BCUT2D eigenvalue weighted by Crippen LogP contribution is 2.22. The molecule has 0 spiro atoms. The van der Waals surface area contributed by atoms with Gasteiger partial charge in [-0.2, -0.15) is 0 Å². The van der Waals surface area contributed by atoms with Crippen LogP contribution in [0, 0.1) is 5.92 Å². The van der Waals surface area contributed by atoms with Crippen LogP contribution in [0.1, 0.15) is 13.8 Å². The van der Waals surface area contributed by atoms with Gasteiger partial charge in [0.05, 0.1) is 6.61 Å². The van der Waals surface area contributed by atoms with Crippen LogP contribution in [0.3, 0.4) is 0 Å². The van der Waals surface area contributed by atoms with Gasteiger partial charge in [0.2, 0.25) is 0 Å². The molecule has 1 heterocycles. The van der Waals surface area contributed by atoms with Gasteiger partial charge in [-0.05, 0) is 13.8 Å². The summed E-state index contributed by atoms with van der Waals surface area (Å²) < 4.78 is 4.76. The summed E-state index contributed by atoms with van der Waals surface area (Å²) in [7, 11) is 0. The maximum atomic E-state index is 11.1. The molecule has 84 valence electrons. The van der Waals surface area contributed by atoms with Gasteiger partial charge in [-0.25, -0.2) is 9.59 Å². The van der Waals surface area contributed by atoms with Crippen molar-refractivity contribution in [3.63, 3.8) is 0 Å². The second-order valence-corrected chi connectivity index (χ2v) is 3.52. The lowest BCUT2D eigenvalue weighted by molar-refractivity contribution is -0.137. The number of hydrogen-bond donors (Lipinski definition) is 1. The van der Waals surface area contributed by atoms with Crippen LogP contribution < -0.4 is 0 Å². The second-order valence-electron chi connectivity index (χ2n) is 3.52. The Morgan fingerprint density at radius 1 is 1.53 bits per heavy atom. The van der Waals surface area contributed by atoms with Crippen molar-refractivity contribution in [1.29, 1.82) is 0 Å². The summed E-state index contributed by atoms with van der Waals surface area (Å²) in [5, 5.41) is 8.61. The third-order valence-corrected chi connectivity index (χ3v) is 2.43. The predicted molar refractivity (Wildman–Crippen MR) is 53.5 cm³/mol. The molecule has 0 radical (unpaired) electrons. The number of carbonyl (C=O) groups excluding carboxylic acids is 1. The first-order chi connectivity index (χ1) is 7.04. The van der Waals surface area contributed by atoms with Crippen LogP contribution in [0.5, 0.6) is 0 Å². The van der Waals surface area contributed by atoms with Crippen LogP contribution >= 0.6 is 0 Å². The van der Waals surface area contributed by atoms with E-state index in [0.717, 1.165) is 5.57 Å². The number of likely N-dealkylation sites (tertiary alicyclic amines) is 1. The fourth-order valence-corrected chi connectivity index (χ4v) is 1.41. The minimum atomic E-state index is -0.907. The maximum absolute atomic E-state index is 11.1. The SMILES string of the molecule is CCOC(=O)C=C(C)C1CN(C(=O)O)C1. The molecule has 0 aromatic heterocycles. The molecule has 0 saturated carbocycles. The summed E-state index contributed by atoms with van der Waals surface area (Å²) in [4.78, 5) is 22.9. The van der Waals surface area contributed by atoms with Gasteiger partial charge in [0.15, 0.2) is 0 Å². The normalized spacial score (nSPS) is 17.2. The molecule has 15 heavy (non-hydrogen) atoms. The summed E-state index contributed by atoms with van der Waals surface area (Å²) in [6.07, 6.45) is 0.531. The Hall–Kier alpha value is -1.52. The maximum Gasteiger partial charge on any atom is 0.407 e. The van der Waals surface area contributed by atoms with Crippen LogP contribution in [0.15, 0.2) is 11.6 Å². The zero-order valence-electron chi connectivity index (χ0n) is 8.90. The lowest BCUT2D eigenvalue weighted by Gasteiger charge is -2.37. The van der Waals surface area contributed by atoms with Crippen molar-refractivity contribution in [3.05, 3.63) is 11.6 Å². The first-order valence-electron chi connectivity index (χ1n) is 4.87. The number of nitrogens with zero attached hydrogens (tertiary/aromatic N) is 1. The number of hydrogen-bond acceptors (Lipinski definition) is 3. The minimum absolute atomic E-state index is 0.158. The van der Waals surface area contributed by atoms with Crippen LogP contribution in [-0.2, 0) is 9.53 Å². The lowest BCUT2D eigenvalue weighted by atomic mass is 9.92. The number of amides is 1. The topological polar surface area (TPSA) is 66.8 Å². The first kappa shape index (κ1) is 11.6. The number of esters is 1. The van der Waals surface area contributed by atoms with Crippen molar-refractivity contribution in [2.75, 3.05) is 19.7 Å². The molecule has 5 heteroatoms. The molecule has 0 aliphatic carbocycles. The Bertz CT molecular complexity index is 292. The molecule has 1 aliphatic heterocycles. The molecule has 1 fully saturated rings. The van der Waals surface area contributed by atoms with E-state index in [2.05, 4.69) is 0 Å². The van der Waals surface area contributed by atoms with Crippen LogP contribution in [0.25, 0.3) is 0 Å². The molecule has 1 amide bonds. The van der Waals surface area contributed by atoms with Crippen LogP contribution in [-0.4, -0.2) is 41.8 Å². The van der Waals surface area contributed by atoms with E-state index in [9.17, 15) is 9.59 Å². The van der Waals surface area contributed by atoms with Crippen molar-refractivity contribution in [1.82, 2.24) is 4.90 Å². The third kappa shape index (κ3) is 2.97. The van der Waals surface area contributed by atoms with Crippen molar-refractivity contribution < 1.29 is 19.4 Å². The summed E-state index contributed by atoms with van der Waals surface area (Å²) in [6, 6.07) is 0. The van der Waals surface area contributed by atoms with Gasteiger partial charge < -0.3 is 14.7 Å². The van der Waals surface area contributed by atoms with Gasteiger partial charge in [-0.15, -0.1) is 0 Å². The monoisotopic (exact) mass is 213 g/mol. The van der Waals surface area contributed by atoms with E-state index in [-0.39, 0.29) is 11.9 Å². The molecular formula is C10H15NO4. The molecular weight excluding hydrogens is 198 g/mol. The fourth-order valence-electron chi connectivity index (χ4n) is 1.41. The quantitative estimate of drug-likeness (QED) is 0.563. The highest BCUT2D eigenvalue weighted by molar-refractivity contribution is 5.82. The Morgan fingerprint density at radius 2 is 2.13 bits per heavy atom. The minimum Gasteiger partial charge on any atom is -0.465 e. The molecule has 0 aromatic carbocycles. The number of ether oxygens (including phenoxy) is 1. The molecule has 0 atom stereocenters. The van der Waals surface area contributed by atoms with Gasteiger partial charge in [0.1, 0.15) is 0 Å². The molecule has 5 nitrogen and oxygen atoms in total. The smallest absolute Gasteiger partial charge is 0.407 e. The summed E-state index contributed by atoms with van der Waals surface area (Å²) in [5.74, 6) is -0.200. The summed E-state index contributed by atoms with van der Waals surface area (Å²) in [5.41, 5.74) is 0.881. The predicted octanol–water partition coefficient (Wildman–Crippen LogP) is 1.11. The Kier molecular flexibility index (Phi) is 3.71. The van der Waals surface area contributed by atoms with Gasteiger partial charge in [0.25, 0.3) is 0 Å². The van der Waals surface area contributed by atoms with E-state index in [1.807, 2.05) is 6.92 Å². The van der Waals surface area contributed by atoms with Crippen molar-refractivity contribution in [2.45, 2.75) is 13.8 Å². The molecule has 1 aliphatic rings. The van der Waals surface area contributed by atoms with Gasteiger partial charge in [-0.1, -0.05) is 5.57 Å². The van der Waals surface area contributed by atoms with Crippen molar-refractivity contribution >= 4 is 12.1 Å². The van der Waals surface area contributed by atoms with Gasteiger partial charge in [-0.3, -0.25) is 0 Å². The molecule has 1 N–H and O–H groups in total. The van der Waals surface area contributed by atoms with E-state index in [4.69, 9.17) is 9.84 Å². The van der Waals surface area contributed by atoms with E-state index >= 15 is 0 Å². The lowest BCUT2D eigenvalue weighted by Crippen LogP contribution is -2.49. The highest BCUT2D eigenvalue weighted by Gasteiger charge is 2.31. The zero-order chi connectivity index (χ0) is 11.4. The van der Waals surface area contributed by atoms with Crippen molar-refractivity contribution in [2.24, 2.45) is 5.92 Å². The number of rotatable bonds is 3. The molecule has 1 saturated heterocycles. The Labute approximate surface area is 88.3 Å². The molecule has 0 bridgehead atoms. The number of carbonyl (C=O) groups is 2. The van der Waals surface area contributed by atoms with E-state index in [1.165, 1.54) is 11.0 Å². The molecule has 0 aromatic rings. The van der Waals surface area contributed by atoms with Gasteiger partial charge in [0, 0.05) is 25.1 Å². The molecule has 1 rings (SSSR count). The Morgan fingerprint density at radius 3 is 2.60 bits per heavy atom. The summed E-state index contributed by atoms with van der Waals surface area (Å²) in [6.45, 7) is 4.86. The van der Waals surface area contributed by atoms with Crippen molar-refractivity contribution in [3.8, 4) is 0 Å². The van der Waals surface area contributed by atoms with E-state index in [0.29, 0.717) is 19.7 Å². The number of carboxylic acid groups (broad SMARTS) is 1. The average Bonchev–Trinajstić information content (AvgIpc) is 1.99.